The number of nitrogens with zero attached hydrogens (tertiary/aromatic N) is 2. The number of halogens is 1. The molecule has 1 atom stereocenters. The topological polar surface area (TPSA) is 52.7 Å². The third-order valence-electron chi connectivity index (χ3n) is 4.87. The predicted octanol–water partition coefficient (Wildman–Crippen LogP) is 3.49. The molecule has 1 fully saturated rings. The summed E-state index contributed by atoms with van der Waals surface area (Å²) in [5.74, 6) is -0.0580. The van der Waals surface area contributed by atoms with E-state index in [-0.39, 0.29) is 23.5 Å². The fourth-order valence-electron chi connectivity index (χ4n) is 3.40. The summed E-state index contributed by atoms with van der Waals surface area (Å²) >= 11 is 7.54. The highest BCUT2D eigenvalue weighted by Gasteiger charge is 2.31. The van der Waals surface area contributed by atoms with E-state index in [1.807, 2.05) is 53.4 Å². The van der Waals surface area contributed by atoms with Crippen LogP contribution in [-0.2, 0) is 9.59 Å². The van der Waals surface area contributed by atoms with Crippen LogP contribution in [0, 0.1) is 0 Å². The van der Waals surface area contributed by atoms with E-state index in [4.69, 9.17) is 11.6 Å². The molecular formula is C20H20ClN3O2S. The lowest BCUT2D eigenvalue weighted by Crippen LogP contribution is -2.49. The van der Waals surface area contributed by atoms with Crippen LogP contribution in [0.25, 0.3) is 0 Å². The summed E-state index contributed by atoms with van der Waals surface area (Å²) in [7, 11) is 0. The van der Waals surface area contributed by atoms with Crippen LogP contribution in [0.15, 0.2) is 53.4 Å². The summed E-state index contributed by atoms with van der Waals surface area (Å²) in [6.07, 6.45) is 0.224. The van der Waals surface area contributed by atoms with Crippen LogP contribution in [0.5, 0.6) is 0 Å². The lowest BCUT2D eigenvalue weighted by atomic mass is 10.2. The molecule has 2 aromatic rings. The van der Waals surface area contributed by atoms with Crippen LogP contribution in [0.1, 0.15) is 6.42 Å². The fourth-order valence-corrected chi connectivity index (χ4v) is 4.69. The maximum absolute atomic E-state index is 12.7. The van der Waals surface area contributed by atoms with Crippen molar-refractivity contribution < 1.29 is 9.59 Å². The van der Waals surface area contributed by atoms with Gasteiger partial charge in [0.05, 0.1) is 10.9 Å². The molecule has 1 saturated heterocycles. The fraction of sp³-hybridized carbons (Fsp3) is 0.300. The molecule has 7 heteroatoms. The lowest BCUT2D eigenvalue weighted by Gasteiger charge is -2.37. The van der Waals surface area contributed by atoms with E-state index in [1.54, 1.807) is 0 Å². The van der Waals surface area contributed by atoms with E-state index in [1.165, 1.54) is 11.8 Å². The van der Waals surface area contributed by atoms with Crippen LogP contribution in [0.2, 0.25) is 5.02 Å². The summed E-state index contributed by atoms with van der Waals surface area (Å²) in [6, 6.07) is 15.5. The van der Waals surface area contributed by atoms with Crippen molar-refractivity contribution in [1.29, 1.82) is 0 Å². The van der Waals surface area contributed by atoms with Gasteiger partial charge in [-0.3, -0.25) is 9.59 Å². The van der Waals surface area contributed by atoms with E-state index < -0.39 is 0 Å². The zero-order chi connectivity index (χ0) is 18.8. The monoisotopic (exact) mass is 401 g/mol. The van der Waals surface area contributed by atoms with Crippen LogP contribution in [0.3, 0.4) is 0 Å². The Balaban J connectivity index is 1.34. The Labute approximate surface area is 167 Å². The third-order valence-corrected chi connectivity index (χ3v) is 6.38. The summed E-state index contributed by atoms with van der Waals surface area (Å²) in [4.78, 5) is 30.1. The predicted molar refractivity (Wildman–Crippen MR) is 110 cm³/mol. The number of hydrogen-bond acceptors (Lipinski definition) is 4. The molecule has 0 aliphatic carbocycles. The zero-order valence-electron chi connectivity index (χ0n) is 14.7. The van der Waals surface area contributed by atoms with Crippen LogP contribution in [-0.4, -0.2) is 48.1 Å². The molecule has 27 heavy (non-hydrogen) atoms. The first-order valence-electron chi connectivity index (χ1n) is 8.95. The number of amides is 2. The molecule has 0 unspecified atom stereocenters. The highest BCUT2D eigenvalue weighted by molar-refractivity contribution is 8.01. The number of benzene rings is 2. The van der Waals surface area contributed by atoms with Gasteiger partial charge in [-0.25, -0.2) is 0 Å². The molecule has 2 aromatic carbocycles. The van der Waals surface area contributed by atoms with Gasteiger partial charge in [0, 0.05) is 48.2 Å². The van der Waals surface area contributed by atoms with Crippen LogP contribution < -0.4 is 10.2 Å². The van der Waals surface area contributed by atoms with Gasteiger partial charge in [-0.05, 0) is 30.3 Å². The van der Waals surface area contributed by atoms with Crippen molar-refractivity contribution in [3.8, 4) is 0 Å². The molecule has 2 amide bonds. The van der Waals surface area contributed by atoms with Crippen molar-refractivity contribution >= 4 is 46.6 Å². The molecular weight excluding hydrogens is 382 g/mol. The number of para-hydroxylation sites is 1. The number of thioether (sulfide) groups is 1. The number of piperazine rings is 1. The van der Waals surface area contributed by atoms with Gasteiger partial charge in [0.15, 0.2) is 0 Å². The van der Waals surface area contributed by atoms with E-state index >= 15 is 0 Å². The summed E-state index contributed by atoms with van der Waals surface area (Å²) < 4.78 is 0. The molecule has 2 aliphatic heterocycles. The maximum atomic E-state index is 12.7. The normalized spacial score (nSPS) is 19.4. The number of nitrogens with one attached hydrogen (secondary N) is 1. The minimum atomic E-state index is -0.377. The molecule has 4 rings (SSSR count). The van der Waals surface area contributed by atoms with Crippen LogP contribution >= 0.6 is 23.4 Å². The van der Waals surface area contributed by atoms with Crippen molar-refractivity contribution in [2.75, 3.05) is 36.4 Å². The number of carbonyl (C=O) groups excluding carboxylic acids is 2. The van der Waals surface area contributed by atoms with E-state index in [2.05, 4.69) is 10.2 Å². The average Bonchev–Trinajstić information content (AvgIpc) is 2.68. The van der Waals surface area contributed by atoms with Crippen molar-refractivity contribution in [2.24, 2.45) is 0 Å². The second-order valence-electron chi connectivity index (χ2n) is 6.64. The number of fused-ring (bicyclic) bond motifs is 1. The average molecular weight is 402 g/mol. The first-order chi connectivity index (χ1) is 13.1. The third kappa shape index (κ3) is 4.06. The first kappa shape index (κ1) is 18.2. The Bertz CT molecular complexity index is 868. The molecule has 140 valence electrons. The molecule has 0 radical (unpaired) electrons. The number of anilines is 2. The van der Waals surface area contributed by atoms with Crippen molar-refractivity contribution in [2.45, 2.75) is 16.6 Å². The molecule has 1 N–H and O–H groups in total. The lowest BCUT2D eigenvalue weighted by molar-refractivity contribution is -0.132. The Hall–Kier alpha value is -2.18. The molecule has 0 aromatic heterocycles. The minimum absolute atomic E-state index is 0.0350. The van der Waals surface area contributed by atoms with Crippen LogP contribution in [0.4, 0.5) is 11.4 Å². The minimum Gasteiger partial charge on any atom is -0.368 e. The Morgan fingerprint density at radius 2 is 1.89 bits per heavy atom. The van der Waals surface area contributed by atoms with Gasteiger partial charge in [0.1, 0.15) is 0 Å². The summed E-state index contributed by atoms with van der Waals surface area (Å²) in [5.41, 5.74) is 1.90. The summed E-state index contributed by atoms with van der Waals surface area (Å²) in [5, 5.41) is 3.24. The van der Waals surface area contributed by atoms with Gasteiger partial charge in [0.2, 0.25) is 11.8 Å². The largest absolute Gasteiger partial charge is 0.368 e. The Morgan fingerprint density at radius 3 is 2.67 bits per heavy atom. The summed E-state index contributed by atoms with van der Waals surface area (Å²) in [6.45, 7) is 2.83. The molecule has 5 nitrogen and oxygen atoms in total. The molecule has 0 spiro atoms. The number of carbonyl (C=O) groups is 2. The van der Waals surface area contributed by atoms with Gasteiger partial charge in [-0.15, -0.1) is 11.8 Å². The molecule has 2 heterocycles. The molecule has 0 bridgehead atoms. The van der Waals surface area contributed by atoms with Gasteiger partial charge < -0.3 is 15.1 Å². The zero-order valence-corrected chi connectivity index (χ0v) is 16.3. The quantitative estimate of drug-likeness (QED) is 0.855. The Morgan fingerprint density at radius 1 is 1.11 bits per heavy atom. The Kier molecular flexibility index (Phi) is 5.27. The van der Waals surface area contributed by atoms with E-state index in [9.17, 15) is 9.59 Å². The second-order valence-corrected chi connectivity index (χ2v) is 8.32. The number of hydrogen-bond donors (Lipinski definition) is 1. The highest BCUT2D eigenvalue weighted by Crippen LogP contribution is 2.36. The van der Waals surface area contributed by atoms with Crippen molar-refractivity contribution in [1.82, 2.24) is 4.90 Å². The van der Waals surface area contributed by atoms with Crippen molar-refractivity contribution in [3.05, 3.63) is 53.6 Å². The maximum Gasteiger partial charge on any atom is 0.238 e. The molecule has 0 saturated carbocycles. The second kappa shape index (κ2) is 7.82. The SMILES string of the molecule is O=C1Nc2ccccc2S[C@H]1CC(=O)N1CCN(c2cccc(Cl)c2)CC1. The van der Waals surface area contributed by atoms with Crippen molar-refractivity contribution in [3.63, 3.8) is 0 Å². The molecule has 2 aliphatic rings. The first-order valence-corrected chi connectivity index (χ1v) is 10.2. The van der Waals surface area contributed by atoms with E-state index in [0.29, 0.717) is 18.1 Å². The smallest absolute Gasteiger partial charge is 0.238 e. The van der Waals surface area contributed by atoms with Gasteiger partial charge in [0.25, 0.3) is 0 Å². The van der Waals surface area contributed by atoms with Gasteiger partial charge in [-0.1, -0.05) is 29.8 Å². The number of rotatable bonds is 3. The van der Waals surface area contributed by atoms with Gasteiger partial charge in [-0.2, -0.15) is 0 Å². The highest BCUT2D eigenvalue weighted by atomic mass is 35.5. The van der Waals surface area contributed by atoms with Gasteiger partial charge >= 0.3 is 0 Å². The standard InChI is InChI=1S/C20H20ClN3O2S/c21-14-4-3-5-15(12-14)23-8-10-24(11-9-23)19(25)13-18-20(26)22-16-6-1-2-7-17(16)27-18/h1-7,12,18H,8-11,13H2,(H,22,26)/t18-/m0/s1. The van der Waals surface area contributed by atoms with E-state index in [0.717, 1.165) is 29.4 Å².